The number of carboxylic acid groups (broad SMARTS) is 1. The first-order chi connectivity index (χ1) is 16.6. The largest absolute Gasteiger partial charge is 0.481 e. The van der Waals surface area contributed by atoms with E-state index in [1.54, 1.807) is 13.0 Å². The van der Waals surface area contributed by atoms with Crippen molar-refractivity contribution >= 4 is 29.2 Å². The highest BCUT2D eigenvalue weighted by Crippen LogP contribution is 2.39. The fourth-order valence-corrected chi connectivity index (χ4v) is 4.71. The predicted octanol–water partition coefficient (Wildman–Crippen LogP) is 6.49. The van der Waals surface area contributed by atoms with E-state index < -0.39 is 12.0 Å². The molecule has 1 atom stereocenters. The number of rotatable bonds is 12. The fraction of sp³-hybridized carbons (Fsp3) is 0.593. The molecule has 192 valence electrons. The lowest BCUT2D eigenvalue weighted by Crippen LogP contribution is -2.32. The van der Waals surface area contributed by atoms with Gasteiger partial charge in [-0.3, -0.25) is 10.1 Å². The SMILES string of the molecule is Cc1cc(NC(=O)Nc2cc([C@H](CC(=O)O)CC3CCC3)ccc2N(CC(C)C)CC(C)C)no1. The van der Waals surface area contributed by atoms with E-state index >= 15 is 0 Å². The Kier molecular flexibility index (Phi) is 9.18. The minimum atomic E-state index is -0.798. The normalized spacial score (nSPS) is 14.6. The van der Waals surface area contributed by atoms with Gasteiger partial charge in [0, 0.05) is 19.2 Å². The molecule has 8 nitrogen and oxygen atoms in total. The molecule has 3 N–H and O–H groups in total. The summed E-state index contributed by atoms with van der Waals surface area (Å²) in [5.41, 5.74) is 2.55. The van der Waals surface area contributed by atoms with Crippen LogP contribution in [0.4, 0.5) is 22.0 Å². The number of aryl methyl sites for hydroxylation is 1. The molecule has 35 heavy (non-hydrogen) atoms. The number of aromatic nitrogens is 1. The van der Waals surface area contributed by atoms with Gasteiger partial charge in [0.1, 0.15) is 5.76 Å². The molecule has 0 radical (unpaired) electrons. The molecule has 8 heteroatoms. The smallest absolute Gasteiger partial charge is 0.325 e. The summed E-state index contributed by atoms with van der Waals surface area (Å²) in [5, 5.41) is 19.1. The summed E-state index contributed by atoms with van der Waals surface area (Å²) in [4.78, 5) is 26.8. The first kappa shape index (κ1) is 26.6. The molecule has 0 unspecified atom stereocenters. The maximum absolute atomic E-state index is 12.9. The van der Waals surface area contributed by atoms with Crippen molar-refractivity contribution in [1.29, 1.82) is 0 Å². The van der Waals surface area contributed by atoms with Gasteiger partial charge in [0.15, 0.2) is 5.82 Å². The van der Waals surface area contributed by atoms with Crippen molar-refractivity contribution < 1.29 is 19.2 Å². The van der Waals surface area contributed by atoms with E-state index in [0.29, 0.717) is 35.0 Å². The number of carbonyl (C=O) groups is 2. The van der Waals surface area contributed by atoms with Gasteiger partial charge in [-0.2, -0.15) is 0 Å². The first-order valence-corrected chi connectivity index (χ1v) is 12.7. The second kappa shape index (κ2) is 12.1. The van der Waals surface area contributed by atoms with Gasteiger partial charge < -0.3 is 19.8 Å². The van der Waals surface area contributed by atoms with Crippen LogP contribution in [-0.4, -0.2) is 35.4 Å². The zero-order valence-electron chi connectivity index (χ0n) is 21.6. The summed E-state index contributed by atoms with van der Waals surface area (Å²) in [6.07, 6.45) is 4.49. The number of carbonyl (C=O) groups excluding carboxylic acids is 1. The Morgan fingerprint density at radius 1 is 1.11 bits per heavy atom. The van der Waals surface area contributed by atoms with E-state index in [4.69, 9.17) is 4.52 Å². The Bertz CT molecular complexity index is 987. The maximum atomic E-state index is 12.9. The summed E-state index contributed by atoms with van der Waals surface area (Å²) >= 11 is 0. The zero-order valence-corrected chi connectivity index (χ0v) is 21.6. The monoisotopic (exact) mass is 484 g/mol. The van der Waals surface area contributed by atoms with Crippen LogP contribution in [0.1, 0.15) is 77.0 Å². The number of nitrogens with zero attached hydrogens (tertiary/aromatic N) is 2. The topological polar surface area (TPSA) is 108 Å². The number of anilines is 3. The van der Waals surface area contributed by atoms with Gasteiger partial charge in [0.25, 0.3) is 0 Å². The van der Waals surface area contributed by atoms with E-state index in [-0.39, 0.29) is 12.3 Å². The highest BCUT2D eigenvalue weighted by Gasteiger charge is 2.26. The summed E-state index contributed by atoms with van der Waals surface area (Å²) in [5.74, 6) is 1.51. The van der Waals surface area contributed by atoms with Crippen LogP contribution in [0.5, 0.6) is 0 Å². The third-order valence-electron chi connectivity index (χ3n) is 6.39. The molecule has 3 rings (SSSR count). The van der Waals surface area contributed by atoms with Crippen LogP contribution in [0.15, 0.2) is 28.8 Å². The Hall–Kier alpha value is -3.03. The van der Waals surface area contributed by atoms with Crippen LogP contribution in [0.3, 0.4) is 0 Å². The Morgan fingerprint density at radius 2 is 1.80 bits per heavy atom. The molecule has 1 heterocycles. The van der Waals surface area contributed by atoms with E-state index in [9.17, 15) is 14.7 Å². The second-order valence-corrected chi connectivity index (χ2v) is 10.7. The molecular weight excluding hydrogens is 444 g/mol. The lowest BCUT2D eigenvalue weighted by molar-refractivity contribution is -0.137. The quantitative estimate of drug-likeness (QED) is 0.318. The second-order valence-electron chi connectivity index (χ2n) is 10.7. The number of nitrogens with one attached hydrogen (secondary N) is 2. The van der Waals surface area contributed by atoms with E-state index in [2.05, 4.69) is 48.4 Å². The molecule has 1 aliphatic rings. The highest BCUT2D eigenvalue weighted by molar-refractivity contribution is 6.01. The lowest BCUT2D eigenvalue weighted by atomic mass is 9.76. The van der Waals surface area contributed by atoms with Crippen molar-refractivity contribution in [1.82, 2.24) is 5.16 Å². The molecule has 1 aromatic carbocycles. The summed E-state index contributed by atoms with van der Waals surface area (Å²) < 4.78 is 5.05. The minimum Gasteiger partial charge on any atom is -0.481 e. The van der Waals surface area contributed by atoms with E-state index in [0.717, 1.165) is 43.6 Å². The third kappa shape index (κ3) is 8.01. The number of urea groups is 1. The summed E-state index contributed by atoms with van der Waals surface area (Å²) in [6.45, 7) is 12.2. The minimum absolute atomic E-state index is 0.0847. The van der Waals surface area contributed by atoms with Crippen molar-refractivity contribution in [2.24, 2.45) is 17.8 Å². The molecule has 0 spiro atoms. The third-order valence-corrected chi connectivity index (χ3v) is 6.39. The van der Waals surface area contributed by atoms with Gasteiger partial charge in [-0.25, -0.2) is 4.79 Å². The standard InChI is InChI=1S/C27H40N4O4/c1-17(2)15-31(16-18(3)4)24-10-9-21(22(14-26(32)33)12-20-7-6-8-20)13-23(24)28-27(34)29-25-11-19(5)35-30-25/h9-11,13,17-18,20,22H,6-8,12,14-16H2,1-5H3,(H,32,33)(H2,28,29,30,34)/t22-/m0/s1. The molecule has 0 saturated heterocycles. The maximum Gasteiger partial charge on any atom is 0.325 e. The molecule has 1 aromatic heterocycles. The summed E-state index contributed by atoms with van der Waals surface area (Å²) in [7, 11) is 0. The number of benzene rings is 1. The Labute approximate surface area is 208 Å². The van der Waals surface area contributed by atoms with Gasteiger partial charge >= 0.3 is 12.0 Å². The van der Waals surface area contributed by atoms with Crippen LogP contribution in [-0.2, 0) is 4.79 Å². The molecular formula is C27H40N4O4. The average Bonchev–Trinajstić information content (AvgIpc) is 3.12. The molecule has 0 aliphatic heterocycles. The Morgan fingerprint density at radius 3 is 2.31 bits per heavy atom. The number of hydrogen-bond acceptors (Lipinski definition) is 5. The van der Waals surface area contributed by atoms with Crippen LogP contribution < -0.4 is 15.5 Å². The number of amides is 2. The average molecular weight is 485 g/mol. The van der Waals surface area contributed by atoms with Gasteiger partial charge in [-0.1, -0.05) is 58.2 Å². The van der Waals surface area contributed by atoms with Crippen molar-refractivity contribution in [2.75, 3.05) is 28.6 Å². The molecule has 1 fully saturated rings. The molecule has 1 saturated carbocycles. The zero-order chi connectivity index (χ0) is 25.5. The lowest BCUT2D eigenvalue weighted by Gasteiger charge is -2.32. The predicted molar refractivity (Wildman–Crippen MR) is 139 cm³/mol. The van der Waals surface area contributed by atoms with Crippen LogP contribution in [0.25, 0.3) is 0 Å². The van der Waals surface area contributed by atoms with Gasteiger partial charge in [-0.05, 0) is 54.7 Å². The van der Waals surface area contributed by atoms with Crippen molar-refractivity contribution in [3.8, 4) is 0 Å². The summed E-state index contributed by atoms with van der Waals surface area (Å²) in [6, 6.07) is 7.27. The van der Waals surface area contributed by atoms with Crippen LogP contribution in [0.2, 0.25) is 0 Å². The Balaban J connectivity index is 1.94. The van der Waals surface area contributed by atoms with Crippen molar-refractivity contribution in [2.45, 2.75) is 72.6 Å². The van der Waals surface area contributed by atoms with E-state index in [1.807, 2.05) is 18.2 Å². The molecule has 2 aromatic rings. The number of carboxylic acids is 1. The fourth-order valence-electron chi connectivity index (χ4n) is 4.71. The van der Waals surface area contributed by atoms with Gasteiger partial charge in [0.05, 0.1) is 17.8 Å². The van der Waals surface area contributed by atoms with Crippen molar-refractivity contribution in [3.63, 3.8) is 0 Å². The molecule has 1 aliphatic carbocycles. The highest BCUT2D eigenvalue weighted by atomic mass is 16.5. The van der Waals surface area contributed by atoms with Gasteiger partial charge in [-0.15, -0.1) is 0 Å². The molecule has 2 amide bonds. The van der Waals surface area contributed by atoms with Crippen molar-refractivity contribution in [3.05, 3.63) is 35.6 Å². The van der Waals surface area contributed by atoms with Crippen LogP contribution >= 0.6 is 0 Å². The first-order valence-electron chi connectivity index (χ1n) is 12.7. The molecule has 0 bridgehead atoms. The van der Waals surface area contributed by atoms with Crippen LogP contribution in [0, 0.1) is 24.7 Å². The number of hydrogen-bond donors (Lipinski definition) is 3. The van der Waals surface area contributed by atoms with Gasteiger partial charge in [0.2, 0.25) is 0 Å². The van der Waals surface area contributed by atoms with E-state index in [1.165, 1.54) is 6.42 Å². The number of aliphatic carboxylic acids is 1.